The second kappa shape index (κ2) is 5.30. The zero-order chi connectivity index (χ0) is 15.9. The first kappa shape index (κ1) is 14.9. The summed E-state index contributed by atoms with van der Waals surface area (Å²) in [5.41, 5.74) is 1.22. The van der Waals surface area contributed by atoms with Gasteiger partial charge in [-0.25, -0.2) is 12.8 Å². The standard InChI is InChI=1S/C15H12ClFN2O2S/c1-9-2-5-13(12(17)6-9)19-22(20,21)15-8-18-14-7-10(16)3-4-11(14)15/h2-8,18-19H,1H3. The van der Waals surface area contributed by atoms with Crippen LogP contribution in [-0.4, -0.2) is 13.4 Å². The van der Waals surface area contributed by atoms with Crippen LogP contribution in [0.2, 0.25) is 5.02 Å². The first-order valence-electron chi connectivity index (χ1n) is 6.42. The molecule has 1 heterocycles. The van der Waals surface area contributed by atoms with Crippen LogP contribution in [0.5, 0.6) is 0 Å². The van der Waals surface area contributed by atoms with E-state index in [1.54, 1.807) is 31.2 Å². The number of sulfonamides is 1. The lowest BCUT2D eigenvalue weighted by Gasteiger charge is -2.08. The van der Waals surface area contributed by atoms with E-state index in [1.807, 2.05) is 0 Å². The molecule has 22 heavy (non-hydrogen) atoms. The van der Waals surface area contributed by atoms with Gasteiger partial charge in [-0.2, -0.15) is 0 Å². The van der Waals surface area contributed by atoms with Gasteiger partial charge in [0.1, 0.15) is 10.7 Å². The predicted octanol–water partition coefficient (Wildman–Crippen LogP) is 4.07. The van der Waals surface area contributed by atoms with Crippen LogP contribution in [0.15, 0.2) is 47.5 Å². The summed E-state index contributed by atoms with van der Waals surface area (Å²) in [6, 6.07) is 9.14. The maximum Gasteiger partial charge on any atom is 0.264 e. The molecule has 3 aromatic rings. The minimum atomic E-state index is -3.91. The Morgan fingerprint density at radius 2 is 1.95 bits per heavy atom. The highest BCUT2D eigenvalue weighted by Gasteiger charge is 2.20. The highest BCUT2D eigenvalue weighted by atomic mass is 35.5. The number of hydrogen-bond acceptors (Lipinski definition) is 2. The largest absolute Gasteiger partial charge is 0.360 e. The monoisotopic (exact) mass is 338 g/mol. The van der Waals surface area contributed by atoms with Gasteiger partial charge in [-0.15, -0.1) is 0 Å². The molecule has 2 N–H and O–H groups in total. The van der Waals surface area contributed by atoms with Crippen molar-refractivity contribution >= 4 is 38.2 Å². The molecule has 0 aliphatic heterocycles. The first-order valence-corrected chi connectivity index (χ1v) is 8.28. The molecular formula is C15H12ClFN2O2S. The van der Waals surface area contributed by atoms with E-state index in [0.717, 1.165) is 0 Å². The number of halogens is 2. The zero-order valence-corrected chi connectivity index (χ0v) is 13.1. The third-order valence-electron chi connectivity index (χ3n) is 3.26. The number of H-pyrrole nitrogens is 1. The number of fused-ring (bicyclic) bond motifs is 1. The lowest BCUT2D eigenvalue weighted by molar-refractivity contribution is 0.599. The fraction of sp³-hybridized carbons (Fsp3) is 0.0667. The number of aromatic nitrogens is 1. The van der Waals surface area contributed by atoms with E-state index in [-0.39, 0.29) is 10.6 Å². The average Bonchev–Trinajstić information content (AvgIpc) is 2.85. The Labute approximate surface area is 132 Å². The van der Waals surface area contributed by atoms with Crippen LogP contribution in [0.4, 0.5) is 10.1 Å². The molecule has 2 aromatic carbocycles. The summed E-state index contributed by atoms with van der Waals surface area (Å²) in [5.74, 6) is -0.619. The molecule has 0 saturated heterocycles. The van der Waals surface area contributed by atoms with Crippen molar-refractivity contribution in [1.82, 2.24) is 4.98 Å². The van der Waals surface area contributed by atoms with E-state index in [4.69, 9.17) is 11.6 Å². The van der Waals surface area contributed by atoms with Gasteiger partial charge >= 0.3 is 0 Å². The van der Waals surface area contributed by atoms with E-state index in [1.165, 1.54) is 18.3 Å². The van der Waals surface area contributed by atoms with Crippen LogP contribution in [0.25, 0.3) is 10.9 Å². The van der Waals surface area contributed by atoms with E-state index in [2.05, 4.69) is 9.71 Å². The molecule has 0 aliphatic carbocycles. The fourth-order valence-corrected chi connectivity index (χ4v) is 3.62. The fourth-order valence-electron chi connectivity index (χ4n) is 2.20. The SMILES string of the molecule is Cc1ccc(NS(=O)(=O)c2c[nH]c3cc(Cl)ccc23)c(F)c1. The molecule has 0 atom stereocenters. The summed E-state index contributed by atoms with van der Waals surface area (Å²) in [6.07, 6.45) is 1.36. The van der Waals surface area contributed by atoms with Crippen molar-refractivity contribution in [2.24, 2.45) is 0 Å². The van der Waals surface area contributed by atoms with Gasteiger partial charge in [0.15, 0.2) is 0 Å². The third kappa shape index (κ3) is 2.67. The molecule has 0 saturated carbocycles. The van der Waals surface area contributed by atoms with Crippen molar-refractivity contribution in [2.45, 2.75) is 11.8 Å². The Balaban J connectivity index is 2.05. The molecule has 4 nitrogen and oxygen atoms in total. The molecule has 3 rings (SSSR count). The van der Waals surface area contributed by atoms with E-state index >= 15 is 0 Å². The minimum absolute atomic E-state index is 0.0409. The zero-order valence-electron chi connectivity index (χ0n) is 11.5. The van der Waals surface area contributed by atoms with Crippen LogP contribution in [0, 0.1) is 12.7 Å². The van der Waals surface area contributed by atoms with Crippen LogP contribution < -0.4 is 4.72 Å². The summed E-state index contributed by atoms with van der Waals surface area (Å²) in [6.45, 7) is 1.73. The molecule has 0 unspecified atom stereocenters. The van der Waals surface area contributed by atoms with Crippen molar-refractivity contribution in [3.8, 4) is 0 Å². The summed E-state index contributed by atoms with van der Waals surface area (Å²) >= 11 is 5.87. The Bertz CT molecular complexity index is 967. The van der Waals surface area contributed by atoms with Gasteiger partial charge in [0.2, 0.25) is 0 Å². The molecule has 0 radical (unpaired) electrons. The van der Waals surface area contributed by atoms with Gasteiger partial charge in [0, 0.05) is 22.1 Å². The number of aromatic amines is 1. The first-order chi connectivity index (χ1) is 10.4. The van der Waals surface area contributed by atoms with Gasteiger partial charge < -0.3 is 4.98 Å². The van der Waals surface area contributed by atoms with Crippen LogP contribution in [0.1, 0.15) is 5.56 Å². The quantitative estimate of drug-likeness (QED) is 0.756. The molecule has 1 aromatic heterocycles. The number of benzene rings is 2. The summed E-state index contributed by atoms with van der Waals surface area (Å²) < 4.78 is 41.0. The van der Waals surface area contributed by atoms with Crippen LogP contribution >= 0.6 is 11.6 Å². The maximum atomic E-state index is 13.8. The van der Waals surface area contributed by atoms with Gasteiger partial charge in [-0.1, -0.05) is 17.7 Å². The van der Waals surface area contributed by atoms with Gasteiger partial charge in [-0.3, -0.25) is 4.72 Å². The summed E-state index contributed by atoms with van der Waals surface area (Å²) in [4.78, 5) is 2.89. The number of rotatable bonds is 3. The number of anilines is 1. The maximum absolute atomic E-state index is 13.8. The summed E-state index contributed by atoms with van der Waals surface area (Å²) in [5, 5.41) is 0.986. The van der Waals surface area contributed by atoms with Gasteiger partial charge in [-0.05, 0) is 42.8 Å². The Morgan fingerprint density at radius 1 is 1.18 bits per heavy atom. The molecule has 0 spiro atoms. The third-order valence-corrected chi connectivity index (χ3v) is 4.90. The second-order valence-electron chi connectivity index (χ2n) is 4.93. The van der Waals surface area contributed by atoms with Gasteiger partial charge in [0.05, 0.1) is 5.69 Å². The Kier molecular flexibility index (Phi) is 3.58. The van der Waals surface area contributed by atoms with Crippen molar-refractivity contribution in [3.05, 3.63) is 59.0 Å². The normalized spacial score (nSPS) is 11.8. The number of hydrogen-bond donors (Lipinski definition) is 2. The highest BCUT2D eigenvalue weighted by molar-refractivity contribution is 7.93. The highest BCUT2D eigenvalue weighted by Crippen LogP contribution is 2.27. The molecule has 0 bridgehead atoms. The summed E-state index contributed by atoms with van der Waals surface area (Å²) in [7, 11) is -3.91. The smallest absolute Gasteiger partial charge is 0.264 e. The predicted molar refractivity (Wildman–Crippen MR) is 85.3 cm³/mol. The van der Waals surface area contributed by atoms with Crippen LogP contribution in [-0.2, 0) is 10.0 Å². The van der Waals surface area contributed by atoms with Crippen molar-refractivity contribution in [2.75, 3.05) is 4.72 Å². The lowest BCUT2D eigenvalue weighted by Crippen LogP contribution is -2.13. The topological polar surface area (TPSA) is 62.0 Å². The van der Waals surface area contributed by atoms with Crippen molar-refractivity contribution in [3.63, 3.8) is 0 Å². The lowest BCUT2D eigenvalue weighted by atomic mass is 10.2. The van der Waals surface area contributed by atoms with E-state index < -0.39 is 15.8 Å². The van der Waals surface area contributed by atoms with Crippen molar-refractivity contribution in [1.29, 1.82) is 0 Å². The molecule has 114 valence electrons. The second-order valence-corrected chi connectivity index (χ2v) is 7.02. The average molecular weight is 339 g/mol. The van der Waals surface area contributed by atoms with E-state index in [0.29, 0.717) is 21.5 Å². The van der Waals surface area contributed by atoms with Gasteiger partial charge in [0.25, 0.3) is 10.0 Å². The molecular weight excluding hydrogens is 327 g/mol. The Hall–Kier alpha value is -2.05. The number of nitrogens with one attached hydrogen (secondary N) is 2. The van der Waals surface area contributed by atoms with Crippen molar-refractivity contribution < 1.29 is 12.8 Å². The molecule has 0 fully saturated rings. The van der Waals surface area contributed by atoms with E-state index in [9.17, 15) is 12.8 Å². The minimum Gasteiger partial charge on any atom is -0.360 e. The van der Waals surface area contributed by atoms with Crippen LogP contribution in [0.3, 0.4) is 0 Å². The Morgan fingerprint density at radius 3 is 2.68 bits per heavy atom. The molecule has 7 heteroatoms. The molecule has 0 amide bonds. The number of aryl methyl sites for hydroxylation is 1. The molecule has 0 aliphatic rings.